The van der Waals surface area contributed by atoms with Gasteiger partial charge in [-0.3, -0.25) is 9.78 Å². The van der Waals surface area contributed by atoms with Gasteiger partial charge in [-0.25, -0.2) is 0 Å². The first kappa shape index (κ1) is 9.45. The zero-order chi connectivity index (χ0) is 10.8. The van der Waals surface area contributed by atoms with Gasteiger partial charge < -0.3 is 10.5 Å². The van der Waals surface area contributed by atoms with Gasteiger partial charge in [0.25, 0.3) is 0 Å². The standard InChI is InChI=1S/C11H10N2O2/c1-15-9-5-8-4-7(11(12)14)2-3-10(8)13-6-9/h2-6H,1H3,(H2,12,14). The molecule has 1 aromatic heterocycles. The molecule has 2 N–H and O–H groups in total. The fraction of sp³-hybridized carbons (Fsp3) is 0.0909. The third-order valence-corrected chi connectivity index (χ3v) is 2.18. The maximum atomic E-state index is 11.0. The van der Waals surface area contributed by atoms with Crippen molar-refractivity contribution in [1.82, 2.24) is 4.98 Å². The normalized spacial score (nSPS) is 10.2. The molecule has 15 heavy (non-hydrogen) atoms. The first-order valence-electron chi connectivity index (χ1n) is 4.44. The lowest BCUT2D eigenvalue weighted by Crippen LogP contribution is -2.10. The molecule has 4 nitrogen and oxygen atoms in total. The van der Waals surface area contributed by atoms with Crippen molar-refractivity contribution in [3.05, 3.63) is 36.0 Å². The van der Waals surface area contributed by atoms with Crippen molar-refractivity contribution in [3.8, 4) is 5.75 Å². The monoisotopic (exact) mass is 202 g/mol. The fourth-order valence-electron chi connectivity index (χ4n) is 1.38. The second kappa shape index (κ2) is 3.57. The number of carbonyl (C=O) groups excluding carboxylic acids is 1. The molecule has 2 aromatic rings. The van der Waals surface area contributed by atoms with E-state index in [-0.39, 0.29) is 0 Å². The molecule has 0 spiro atoms. The quantitative estimate of drug-likeness (QED) is 0.799. The number of primary amides is 1. The Morgan fingerprint density at radius 2 is 2.20 bits per heavy atom. The minimum absolute atomic E-state index is 0.445. The number of rotatable bonds is 2. The Morgan fingerprint density at radius 1 is 1.40 bits per heavy atom. The summed E-state index contributed by atoms with van der Waals surface area (Å²) in [5.41, 5.74) is 6.46. The summed E-state index contributed by atoms with van der Waals surface area (Å²) in [6.07, 6.45) is 1.63. The van der Waals surface area contributed by atoms with Gasteiger partial charge in [0, 0.05) is 10.9 Å². The van der Waals surface area contributed by atoms with Gasteiger partial charge in [-0.15, -0.1) is 0 Å². The molecule has 0 unspecified atom stereocenters. The first-order valence-corrected chi connectivity index (χ1v) is 4.44. The van der Waals surface area contributed by atoms with E-state index in [0.29, 0.717) is 11.3 Å². The Labute approximate surface area is 86.7 Å². The van der Waals surface area contributed by atoms with Crippen molar-refractivity contribution < 1.29 is 9.53 Å². The number of carbonyl (C=O) groups is 1. The van der Waals surface area contributed by atoms with Crippen molar-refractivity contribution in [2.24, 2.45) is 5.73 Å². The number of nitrogens with zero attached hydrogens (tertiary/aromatic N) is 1. The van der Waals surface area contributed by atoms with Crippen LogP contribution >= 0.6 is 0 Å². The van der Waals surface area contributed by atoms with Gasteiger partial charge in [0.15, 0.2) is 0 Å². The molecule has 0 fully saturated rings. The molecular weight excluding hydrogens is 192 g/mol. The molecule has 0 bridgehead atoms. The van der Waals surface area contributed by atoms with Crippen LogP contribution in [0.2, 0.25) is 0 Å². The largest absolute Gasteiger partial charge is 0.495 e. The molecule has 0 atom stereocenters. The topological polar surface area (TPSA) is 65.2 Å². The number of pyridine rings is 1. The van der Waals surface area contributed by atoms with Crippen LogP contribution < -0.4 is 10.5 Å². The van der Waals surface area contributed by atoms with E-state index < -0.39 is 5.91 Å². The highest BCUT2D eigenvalue weighted by Crippen LogP contribution is 2.19. The summed E-state index contributed by atoms with van der Waals surface area (Å²) in [5.74, 6) is 0.212. The summed E-state index contributed by atoms with van der Waals surface area (Å²) in [4.78, 5) is 15.1. The first-order chi connectivity index (χ1) is 7.20. The van der Waals surface area contributed by atoms with Crippen molar-refractivity contribution in [2.75, 3.05) is 7.11 Å². The maximum absolute atomic E-state index is 11.0. The molecule has 76 valence electrons. The van der Waals surface area contributed by atoms with E-state index in [1.165, 1.54) is 0 Å². The van der Waals surface area contributed by atoms with Gasteiger partial charge in [0.2, 0.25) is 5.91 Å². The highest BCUT2D eigenvalue weighted by molar-refractivity contribution is 5.96. The van der Waals surface area contributed by atoms with Gasteiger partial charge in [-0.1, -0.05) is 0 Å². The lowest BCUT2D eigenvalue weighted by atomic mass is 10.1. The summed E-state index contributed by atoms with van der Waals surface area (Å²) in [6.45, 7) is 0. The van der Waals surface area contributed by atoms with Crippen LogP contribution in [-0.2, 0) is 0 Å². The van der Waals surface area contributed by atoms with Gasteiger partial charge in [-0.05, 0) is 24.3 Å². The van der Waals surface area contributed by atoms with Gasteiger partial charge in [-0.2, -0.15) is 0 Å². The SMILES string of the molecule is COc1cnc2ccc(C(N)=O)cc2c1. The number of methoxy groups -OCH3 is 1. The van der Waals surface area contributed by atoms with Crippen molar-refractivity contribution >= 4 is 16.8 Å². The lowest BCUT2D eigenvalue weighted by Gasteiger charge is -2.02. The minimum atomic E-state index is -0.445. The molecule has 0 aliphatic carbocycles. The zero-order valence-corrected chi connectivity index (χ0v) is 8.23. The third-order valence-electron chi connectivity index (χ3n) is 2.18. The van der Waals surface area contributed by atoms with Crippen molar-refractivity contribution in [1.29, 1.82) is 0 Å². The number of amides is 1. The van der Waals surface area contributed by atoms with Crippen molar-refractivity contribution in [3.63, 3.8) is 0 Å². The highest BCUT2D eigenvalue weighted by Gasteiger charge is 2.03. The van der Waals surface area contributed by atoms with Gasteiger partial charge in [0.05, 0.1) is 18.8 Å². The van der Waals surface area contributed by atoms with E-state index in [0.717, 1.165) is 10.9 Å². The molecule has 1 heterocycles. The summed E-state index contributed by atoms with van der Waals surface area (Å²) in [5, 5.41) is 0.839. The van der Waals surface area contributed by atoms with Crippen LogP contribution in [0.1, 0.15) is 10.4 Å². The third kappa shape index (κ3) is 1.74. The molecule has 0 saturated carbocycles. The van der Waals surface area contributed by atoms with E-state index in [2.05, 4.69) is 4.98 Å². The number of fused-ring (bicyclic) bond motifs is 1. The van der Waals surface area contributed by atoms with Gasteiger partial charge in [0.1, 0.15) is 5.75 Å². The van der Waals surface area contributed by atoms with E-state index in [4.69, 9.17) is 10.5 Å². The molecule has 0 saturated heterocycles. The van der Waals surface area contributed by atoms with Crippen molar-refractivity contribution in [2.45, 2.75) is 0 Å². The molecule has 1 aromatic carbocycles. The minimum Gasteiger partial charge on any atom is -0.495 e. The number of nitrogens with two attached hydrogens (primary N) is 1. The lowest BCUT2D eigenvalue weighted by molar-refractivity contribution is 0.100. The number of hydrogen-bond donors (Lipinski definition) is 1. The molecular formula is C11H10N2O2. The van der Waals surface area contributed by atoms with Crippen LogP contribution in [0.15, 0.2) is 30.5 Å². The molecule has 0 radical (unpaired) electrons. The molecule has 0 aliphatic rings. The fourth-order valence-corrected chi connectivity index (χ4v) is 1.38. The van der Waals surface area contributed by atoms with Crippen LogP contribution in [0.4, 0.5) is 0 Å². The van der Waals surface area contributed by atoms with Crippen LogP contribution in [0, 0.1) is 0 Å². The molecule has 1 amide bonds. The van der Waals surface area contributed by atoms with E-state index >= 15 is 0 Å². The summed E-state index contributed by atoms with van der Waals surface area (Å²) in [6, 6.07) is 6.93. The Balaban J connectivity index is 2.62. The number of hydrogen-bond acceptors (Lipinski definition) is 3. The maximum Gasteiger partial charge on any atom is 0.248 e. The average molecular weight is 202 g/mol. The van der Waals surface area contributed by atoms with Crippen LogP contribution in [0.5, 0.6) is 5.75 Å². The molecule has 4 heteroatoms. The second-order valence-corrected chi connectivity index (χ2v) is 3.15. The summed E-state index contributed by atoms with van der Waals surface area (Å²) in [7, 11) is 1.57. The van der Waals surface area contributed by atoms with E-state index in [1.54, 1.807) is 31.5 Å². The Morgan fingerprint density at radius 3 is 2.87 bits per heavy atom. The second-order valence-electron chi connectivity index (χ2n) is 3.15. The summed E-state index contributed by atoms with van der Waals surface area (Å²) >= 11 is 0. The Kier molecular flexibility index (Phi) is 2.25. The highest BCUT2D eigenvalue weighted by atomic mass is 16.5. The Bertz CT molecular complexity index is 523. The van der Waals surface area contributed by atoms with Crippen LogP contribution in [0.25, 0.3) is 10.9 Å². The number of ether oxygens (including phenoxy) is 1. The smallest absolute Gasteiger partial charge is 0.248 e. The summed E-state index contributed by atoms with van der Waals surface area (Å²) < 4.78 is 5.04. The molecule has 0 aliphatic heterocycles. The van der Waals surface area contributed by atoms with Crippen LogP contribution in [0.3, 0.4) is 0 Å². The predicted octanol–water partition coefficient (Wildman–Crippen LogP) is 1.34. The van der Waals surface area contributed by atoms with Gasteiger partial charge >= 0.3 is 0 Å². The predicted molar refractivity (Wildman–Crippen MR) is 56.8 cm³/mol. The zero-order valence-electron chi connectivity index (χ0n) is 8.23. The number of aromatic nitrogens is 1. The molecule has 2 rings (SSSR count). The Hall–Kier alpha value is -2.10. The van der Waals surface area contributed by atoms with Crippen LogP contribution in [-0.4, -0.2) is 18.0 Å². The van der Waals surface area contributed by atoms with E-state index in [9.17, 15) is 4.79 Å². The average Bonchev–Trinajstić information content (AvgIpc) is 2.27. The number of benzene rings is 1. The van der Waals surface area contributed by atoms with E-state index in [1.807, 2.05) is 6.07 Å².